The molecule has 0 amide bonds. The summed E-state index contributed by atoms with van der Waals surface area (Å²) in [6.45, 7) is 9.94. The average molecular weight is 289 g/mol. The summed E-state index contributed by atoms with van der Waals surface area (Å²) in [6.07, 6.45) is 6.54. The van der Waals surface area contributed by atoms with Gasteiger partial charge < -0.3 is 10.1 Å². The van der Waals surface area contributed by atoms with Crippen LogP contribution in [0.2, 0.25) is 0 Å². The molecule has 2 atom stereocenters. The molecular formula is C19H31NO. The minimum absolute atomic E-state index is 0.324. The van der Waals surface area contributed by atoms with Crippen LogP contribution in [0.4, 0.5) is 0 Å². The molecule has 0 aliphatic heterocycles. The summed E-state index contributed by atoms with van der Waals surface area (Å²) in [6, 6.07) is 7.14. The van der Waals surface area contributed by atoms with E-state index in [0.29, 0.717) is 18.1 Å². The molecule has 1 aromatic carbocycles. The van der Waals surface area contributed by atoms with Gasteiger partial charge in [0.15, 0.2) is 0 Å². The number of benzene rings is 1. The van der Waals surface area contributed by atoms with E-state index in [1.807, 2.05) is 0 Å². The molecule has 0 heterocycles. The molecule has 2 nitrogen and oxygen atoms in total. The zero-order valence-corrected chi connectivity index (χ0v) is 14.1. The Hall–Kier alpha value is -1.02. The molecule has 1 fully saturated rings. The Labute approximate surface area is 130 Å². The molecule has 1 aliphatic carbocycles. The fourth-order valence-electron chi connectivity index (χ4n) is 3.18. The first-order valence-electron chi connectivity index (χ1n) is 8.62. The Morgan fingerprint density at radius 3 is 2.71 bits per heavy atom. The largest absolute Gasteiger partial charge is 0.489 e. The van der Waals surface area contributed by atoms with Crippen molar-refractivity contribution in [3.05, 3.63) is 29.3 Å². The standard InChI is InChI=1S/C19H31NO/c1-5-12-20-17-8-6-7-9-18(17)21-19-13-15(4)10-11-16(19)14(2)3/h10-11,13-14,17-18,20H,5-9,12H2,1-4H3. The smallest absolute Gasteiger partial charge is 0.123 e. The van der Waals surface area contributed by atoms with Gasteiger partial charge in [-0.05, 0) is 62.3 Å². The van der Waals surface area contributed by atoms with Gasteiger partial charge in [-0.2, -0.15) is 0 Å². The van der Waals surface area contributed by atoms with Crippen LogP contribution in [0.3, 0.4) is 0 Å². The Bertz CT molecular complexity index is 441. The van der Waals surface area contributed by atoms with Gasteiger partial charge in [-0.15, -0.1) is 0 Å². The average Bonchev–Trinajstić information content (AvgIpc) is 2.46. The Balaban J connectivity index is 2.12. The van der Waals surface area contributed by atoms with Crippen LogP contribution in [0.15, 0.2) is 18.2 Å². The maximum absolute atomic E-state index is 6.48. The number of ether oxygens (including phenoxy) is 1. The van der Waals surface area contributed by atoms with Crippen molar-refractivity contribution in [2.45, 2.75) is 77.9 Å². The van der Waals surface area contributed by atoms with E-state index in [4.69, 9.17) is 4.74 Å². The zero-order chi connectivity index (χ0) is 15.2. The lowest BCUT2D eigenvalue weighted by atomic mass is 9.92. The predicted molar refractivity (Wildman–Crippen MR) is 90.2 cm³/mol. The summed E-state index contributed by atoms with van der Waals surface area (Å²) in [4.78, 5) is 0. The van der Waals surface area contributed by atoms with Gasteiger partial charge in [0.25, 0.3) is 0 Å². The highest BCUT2D eigenvalue weighted by molar-refractivity contribution is 5.39. The van der Waals surface area contributed by atoms with E-state index >= 15 is 0 Å². The van der Waals surface area contributed by atoms with Crippen molar-refractivity contribution < 1.29 is 4.74 Å². The fourth-order valence-corrected chi connectivity index (χ4v) is 3.18. The van der Waals surface area contributed by atoms with E-state index in [1.165, 1.54) is 43.2 Å². The third-order valence-corrected chi connectivity index (χ3v) is 4.43. The van der Waals surface area contributed by atoms with Gasteiger partial charge >= 0.3 is 0 Å². The third kappa shape index (κ3) is 4.47. The van der Waals surface area contributed by atoms with E-state index < -0.39 is 0 Å². The van der Waals surface area contributed by atoms with Gasteiger partial charge in [0.05, 0.1) is 0 Å². The maximum Gasteiger partial charge on any atom is 0.123 e. The first kappa shape index (κ1) is 16.4. The first-order chi connectivity index (χ1) is 10.1. The van der Waals surface area contributed by atoms with E-state index in [-0.39, 0.29) is 0 Å². The number of nitrogens with one attached hydrogen (secondary N) is 1. The molecule has 1 N–H and O–H groups in total. The second-order valence-corrected chi connectivity index (χ2v) is 6.70. The van der Waals surface area contributed by atoms with Crippen molar-refractivity contribution in [2.75, 3.05) is 6.54 Å². The van der Waals surface area contributed by atoms with E-state index in [0.717, 1.165) is 12.3 Å². The Kier molecular flexibility index (Phi) is 6.10. The Morgan fingerprint density at radius 2 is 2.00 bits per heavy atom. The lowest BCUT2D eigenvalue weighted by molar-refractivity contribution is 0.112. The lowest BCUT2D eigenvalue weighted by Gasteiger charge is -2.33. The monoisotopic (exact) mass is 289 g/mol. The second kappa shape index (κ2) is 7.84. The van der Waals surface area contributed by atoms with Crippen molar-refractivity contribution in [2.24, 2.45) is 0 Å². The van der Waals surface area contributed by atoms with Crippen LogP contribution in [0.25, 0.3) is 0 Å². The van der Waals surface area contributed by atoms with Crippen LogP contribution in [0, 0.1) is 6.92 Å². The third-order valence-electron chi connectivity index (χ3n) is 4.43. The van der Waals surface area contributed by atoms with Gasteiger partial charge in [-0.25, -0.2) is 0 Å². The van der Waals surface area contributed by atoms with Crippen LogP contribution in [0.1, 0.15) is 69.9 Å². The molecule has 2 heteroatoms. The lowest BCUT2D eigenvalue weighted by Crippen LogP contribution is -2.45. The van der Waals surface area contributed by atoms with Crippen LogP contribution in [0.5, 0.6) is 5.75 Å². The number of rotatable bonds is 6. The van der Waals surface area contributed by atoms with E-state index in [1.54, 1.807) is 0 Å². The second-order valence-electron chi connectivity index (χ2n) is 6.70. The van der Waals surface area contributed by atoms with Gasteiger partial charge in [-0.1, -0.05) is 39.3 Å². The van der Waals surface area contributed by atoms with Crippen LogP contribution in [-0.4, -0.2) is 18.7 Å². The molecule has 0 saturated heterocycles. The van der Waals surface area contributed by atoms with Crippen molar-refractivity contribution in [1.29, 1.82) is 0 Å². The topological polar surface area (TPSA) is 21.3 Å². The molecule has 1 aromatic rings. The SMILES string of the molecule is CCCNC1CCCCC1Oc1cc(C)ccc1C(C)C. The highest BCUT2D eigenvalue weighted by Gasteiger charge is 2.27. The molecule has 118 valence electrons. The predicted octanol–water partition coefficient (Wildman–Crippen LogP) is 4.81. The van der Waals surface area contributed by atoms with E-state index in [9.17, 15) is 0 Å². The fraction of sp³-hybridized carbons (Fsp3) is 0.684. The number of hydrogen-bond acceptors (Lipinski definition) is 2. The first-order valence-corrected chi connectivity index (χ1v) is 8.62. The molecule has 2 unspecified atom stereocenters. The molecule has 1 aliphatic rings. The summed E-state index contributed by atoms with van der Waals surface area (Å²) in [5.74, 6) is 1.60. The number of hydrogen-bond donors (Lipinski definition) is 1. The number of aryl methyl sites for hydroxylation is 1. The Morgan fingerprint density at radius 1 is 1.24 bits per heavy atom. The molecule has 21 heavy (non-hydrogen) atoms. The molecule has 0 spiro atoms. The van der Waals surface area contributed by atoms with Crippen LogP contribution in [-0.2, 0) is 0 Å². The molecule has 0 aromatic heterocycles. The summed E-state index contributed by atoms with van der Waals surface area (Å²) < 4.78 is 6.48. The molecule has 1 saturated carbocycles. The van der Waals surface area contributed by atoms with Crippen molar-refractivity contribution in [3.63, 3.8) is 0 Å². The summed E-state index contributed by atoms with van der Waals surface area (Å²) in [7, 11) is 0. The molecule has 0 radical (unpaired) electrons. The highest BCUT2D eigenvalue weighted by Crippen LogP contribution is 2.31. The summed E-state index contributed by atoms with van der Waals surface area (Å²) in [5, 5.41) is 3.68. The zero-order valence-electron chi connectivity index (χ0n) is 14.1. The maximum atomic E-state index is 6.48. The molecule has 0 bridgehead atoms. The van der Waals surface area contributed by atoms with Gasteiger partial charge in [-0.3, -0.25) is 0 Å². The van der Waals surface area contributed by atoms with Gasteiger partial charge in [0.2, 0.25) is 0 Å². The van der Waals surface area contributed by atoms with Crippen molar-refractivity contribution >= 4 is 0 Å². The van der Waals surface area contributed by atoms with Gasteiger partial charge in [0.1, 0.15) is 11.9 Å². The van der Waals surface area contributed by atoms with E-state index in [2.05, 4.69) is 51.2 Å². The van der Waals surface area contributed by atoms with Crippen molar-refractivity contribution in [3.8, 4) is 5.75 Å². The van der Waals surface area contributed by atoms with Crippen LogP contribution >= 0.6 is 0 Å². The van der Waals surface area contributed by atoms with Gasteiger partial charge in [0, 0.05) is 6.04 Å². The van der Waals surface area contributed by atoms with Crippen LogP contribution < -0.4 is 10.1 Å². The normalized spacial score (nSPS) is 22.5. The summed E-state index contributed by atoms with van der Waals surface area (Å²) in [5.41, 5.74) is 2.61. The van der Waals surface area contributed by atoms with Crippen molar-refractivity contribution in [1.82, 2.24) is 5.32 Å². The summed E-state index contributed by atoms with van der Waals surface area (Å²) >= 11 is 0. The quantitative estimate of drug-likeness (QED) is 0.811. The molecule has 2 rings (SSSR count). The molecular weight excluding hydrogens is 258 g/mol. The highest BCUT2D eigenvalue weighted by atomic mass is 16.5. The minimum Gasteiger partial charge on any atom is -0.489 e. The minimum atomic E-state index is 0.324.